The largest absolute Gasteiger partial charge is 0.452 e. The molecule has 0 heterocycles. The number of nitrogens with zero attached hydrogens (tertiary/aromatic N) is 2. The summed E-state index contributed by atoms with van der Waals surface area (Å²) in [6, 6.07) is 8.66. The van der Waals surface area contributed by atoms with Gasteiger partial charge in [-0.3, -0.25) is 9.59 Å². The maximum Gasteiger partial charge on any atom is 0.331 e. The first-order chi connectivity index (χ1) is 12.0. The summed E-state index contributed by atoms with van der Waals surface area (Å²) in [5.41, 5.74) is 1.26. The molecule has 0 saturated heterocycles. The summed E-state index contributed by atoms with van der Waals surface area (Å²) in [6.07, 6.45) is 2.73. The highest BCUT2D eigenvalue weighted by Crippen LogP contribution is 2.05. The molecule has 132 valence electrons. The van der Waals surface area contributed by atoms with Gasteiger partial charge in [0.05, 0.1) is 18.2 Å². The number of benzene rings is 1. The van der Waals surface area contributed by atoms with Crippen LogP contribution >= 0.6 is 0 Å². The van der Waals surface area contributed by atoms with Crippen molar-refractivity contribution in [2.24, 2.45) is 0 Å². The lowest BCUT2D eigenvalue weighted by atomic mass is 10.1. The molecule has 2 amide bonds. The molecule has 0 aliphatic rings. The molecule has 0 aromatic heterocycles. The molecule has 0 atom stereocenters. The Balaban J connectivity index is 2.48. The lowest BCUT2D eigenvalue weighted by molar-refractivity contribution is -0.148. The number of nitriles is 1. The van der Waals surface area contributed by atoms with E-state index >= 15 is 0 Å². The van der Waals surface area contributed by atoms with Gasteiger partial charge in [0, 0.05) is 19.2 Å². The summed E-state index contributed by atoms with van der Waals surface area (Å²) >= 11 is 0. The minimum absolute atomic E-state index is 0.0677. The van der Waals surface area contributed by atoms with Crippen LogP contribution in [0.2, 0.25) is 0 Å². The van der Waals surface area contributed by atoms with Crippen molar-refractivity contribution in [1.29, 1.82) is 5.26 Å². The van der Waals surface area contributed by atoms with Crippen LogP contribution in [0.4, 0.5) is 0 Å². The van der Waals surface area contributed by atoms with Crippen LogP contribution in [-0.2, 0) is 19.1 Å². The summed E-state index contributed by atoms with van der Waals surface area (Å²) in [4.78, 5) is 36.5. The maximum absolute atomic E-state index is 12.0. The van der Waals surface area contributed by atoms with Gasteiger partial charge in [0.25, 0.3) is 5.91 Å². The summed E-state index contributed by atoms with van der Waals surface area (Å²) < 4.78 is 4.89. The molecule has 0 aliphatic carbocycles. The molecule has 1 aromatic rings. The molecule has 0 fully saturated rings. The van der Waals surface area contributed by atoms with Gasteiger partial charge in [-0.05, 0) is 37.6 Å². The van der Waals surface area contributed by atoms with Crippen molar-refractivity contribution in [1.82, 2.24) is 10.2 Å². The van der Waals surface area contributed by atoms with E-state index in [1.165, 1.54) is 17.1 Å². The SMILES string of the molecule is CCNC(=O)CN(CC)C(=O)COC(=O)/C=C/c1ccc(C#N)cc1. The van der Waals surface area contributed by atoms with E-state index in [0.717, 1.165) is 5.56 Å². The zero-order valence-corrected chi connectivity index (χ0v) is 14.3. The lowest BCUT2D eigenvalue weighted by Gasteiger charge is -2.19. The zero-order chi connectivity index (χ0) is 18.7. The zero-order valence-electron chi connectivity index (χ0n) is 14.3. The average Bonchev–Trinajstić information content (AvgIpc) is 2.63. The van der Waals surface area contributed by atoms with Crippen molar-refractivity contribution in [3.05, 3.63) is 41.5 Å². The molecule has 7 heteroatoms. The van der Waals surface area contributed by atoms with Gasteiger partial charge in [0.1, 0.15) is 0 Å². The van der Waals surface area contributed by atoms with Crippen LogP contribution in [-0.4, -0.2) is 48.9 Å². The van der Waals surface area contributed by atoms with Crippen LogP contribution < -0.4 is 5.32 Å². The van der Waals surface area contributed by atoms with Crippen LogP contribution in [0, 0.1) is 11.3 Å². The van der Waals surface area contributed by atoms with Gasteiger partial charge in [-0.1, -0.05) is 12.1 Å². The van der Waals surface area contributed by atoms with Gasteiger partial charge in [-0.25, -0.2) is 4.79 Å². The predicted molar refractivity (Wildman–Crippen MR) is 92.1 cm³/mol. The second-order valence-corrected chi connectivity index (χ2v) is 5.04. The van der Waals surface area contributed by atoms with Gasteiger partial charge in [-0.15, -0.1) is 0 Å². The van der Waals surface area contributed by atoms with Crippen LogP contribution in [0.5, 0.6) is 0 Å². The molecular weight excluding hydrogens is 322 g/mol. The van der Waals surface area contributed by atoms with E-state index in [0.29, 0.717) is 18.7 Å². The molecule has 0 aliphatic heterocycles. The molecule has 7 nitrogen and oxygen atoms in total. The number of hydrogen-bond donors (Lipinski definition) is 1. The highest BCUT2D eigenvalue weighted by Gasteiger charge is 2.16. The minimum atomic E-state index is -0.660. The maximum atomic E-state index is 12.0. The second kappa shape index (κ2) is 10.6. The van der Waals surface area contributed by atoms with Crippen LogP contribution in [0.15, 0.2) is 30.3 Å². The fourth-order valence-electron chi connectivity index (χ4n) is 1.91. The Labute approximate surface area is 146 Å². The fraction of sp³-hybridized carbons (Fsp3) is 0.333. The van der Waals surface area contributed by atoms with E-state index in [2.05, 4.69) is 5.32 Å². The molecule has 0 radical (unpaired) electrons. The van der Waals surface area contributed by atoms with Crippen molar-refractivity contribution in [2.45, 2.75) is 13.8 Å². The first-order valence-electron chi connectivity index (χ1n) is 7.89. The topological polar surface area (TPSA) is 99.5 Å². The molecule has 0 spiro atoms. The normalized spacial score (nSPS) is 10.1. The number of rotatable bonds is 8. The Morgan fingerprint density at radius 2 is 1.92 bits per heavy atom. The number of hydrogen-bond acceptors (Lipinski definition) is 5. The first-order valence-corrected chi connectivity index (χ1v) is 7.89. The lowest BCUT2D eigenvalue weighted by Crippen LogP contribution is -2.42. The number of amides is 2. The third-order valence-electron chi connectivity index (χ3n) is 3.23. The summed E-state index contributed by atoms with van der Waals surface area (Å²) in [5.74, 6) is -1.36. The standard InChI is InChI=1S/C18H21N3O4/c1-3-20-16(22)12-21(4-2)17(23)13-25-18(24)10-9-14-5-7-15(11-19)8-6-14/h5-10H,3-4,12-13H2,1-2H3,(H,20,22)/b10-9+. The monoisotopic (exact) mass is 343 g/mol. The van der Waals surface area contributed by atoms with Crippen molar-refractivity contribution in [3.63, 3.8) is 0 Å². The molecule has 0 bridgehead atoms. The Morgan fingerprint density at radius 3 is 2.48 bits per heavy atom. The van der Waals surface area contributed by atoms with Crippen LogP contribution in [0.1, 0.15) is 25.0 Å². The number of esters is 1. The first kappa shape index (κ1) is 19.9. The summed E-state index contributed by atoms with van der Waals surface area (Å²) in [5, 5.41) is 11.3. The van der Waals surface area contributed by atoms with E-state index in [1.807, 2.05) is 6.07 Å². The van der Waals surface area contributed by atoms with Crippen molar-refractivity contribution < 1.29 is 19.1 Å². The number of likely N-dealkylation sites (N-methyl/N-ethyl adjacent to an activating group) is 2. The smallest absolute Gasteiger partial charge is 0.331 e. The highest BCUT2D eigenvalue weighted by molar-refractivity contribution is 5.90. The average molecular weight is 343 g/mol. The minimum Gasteiger partial charge on any atom is -0.452 e. The van der Waals surface area contributed by atoms with Gasteiger partial charge >= 0.3 is 5.97 Å². The Morgan fingerprint density at radius 1 is 1.24 bits per heavy atom. The van der Waals surface area contributed by atoms with Crippen molar-refractivity contribution >= 4 is 23.9 Å². The van der Waals surface area contributed by atoms with Crippen LogP contribution in [0.25, 0.3) is 6.08 Å². The molecule has 1 N–H and O–H groups in total. The van der Waals surface area contributed by atoms with Gasteiger partial charge in [-0.2, -0.15) is 5.26 Å². The molecule has 0 saturated carbocycles. The van der Waals surface area contributed by atoms with E-state index in [1.54, 1.807) is 38.1 Å². The Bertz CT molecular complexity index is 675. The molecule has 25 heavy (non-hydrogen) atoms. The Kier molecular flexibility index (Phi) is 8.44. The molecule has 1 aromatic carbocycles. The molecule has 0 unspecified atom stereocenters. The molecular formula is C18H21N3O4. The fourth-order valence-corrected chi connectivity index (χ4v) is 1.91. The van der Waals surface area contributed by atoms with E-state index < -0.39 is 18.5 Å². The van der Waals surface area contributed by atoms with E-state index in [-0.39, 0.29) is 12.5 Å². The van der Waals surface area contributed by atoms with Crippen molar-refractivity contribution in [2.75, 3.05) is 26.2 Å². The summed E-state index contributed by atoms with van der Waals surface area (Å²) in [6.45, 7) is 3.86. The number of nitrogens with one attached hydrogen (secondary N) is 1. The second-order valence-electron chi connectivity index (χ2n) is 5.04. The van der Waals surface area contributed by atoms with Gasteiger partial charge in [0.15, 0.2) is 6.61 Å². The highest BCUT2D eigenvalue weighted by atomic mass is 16.5. The van der Waals surface area contributed by atoms with Gasteiger partial charge in [0.2, 0.25) is 5.91 Å². The van der Waals surface area contributed by atoms with E-state index in [9.17, 15) is 14.4 Å². The van der Waals surface area contributed by atoms with Crippen LogP contribution in [0.3, 0.4) is 0 Å². The van der Waals surface area contributed by atoms with Gasteiger partial charge < -0.3 is 15.0 Å². The van der Waals surface area contributed by atoms with E-state index in [4.69, 9.17) is 10.00 Å². The third kappa shape index (κ3) is 7.31. The van der Waals surface area contributed by atoms with Crippen molar-refractivity contribution in [3.8, 4) is 6.07 Å². The Hall–Kier alpha value is -3.14. The number of ether oxygens (including phenoxy) is 1. The number of carbonyl (C=O) groups is 3. The molecule has 1 rings (SSSR count). The number of carbonyl (C=O) groups excluding carboxylic acids is 3. The summed E-state index contributed by atoms with van der Waals surface area (Å²) in [7, 11) is 0. The third-order valence-corrected chi connectivity index (χ3v) is 3.23. The quantitative estimate of drug-likeness (QED) is 0.563. The predicted octanol–water partition coefficient (Wildman–Crippen LogP) is 1.10.